The monoisotopic (exact) mass is 597 g/mol. The fourth-order valence-corrected chi connectivity index (χ4v) is 5.74. The van der Waals surface area contributed by atoms with Crippen LogP contribution >= 0.6 is 11.6 Å². The van der Waals surface area contributed by atoms with E-state index in [9.17, 15) is 9.59 Å². The predicted molar refractivity (Wildman–Crippen MR) is 168 cm³/mol. The maximum Gasteiger partial charge on any atom is 0.305 e. The maximum absolute atomic E-state index is 15.5. The molecular weight excluding hydrogens is 565 g/mol. The van der Waals surface area contributed by atoms with Crippen molar-refractivity contribution in [2.24, 2.45) is 0 Å². The average molecular weight is 598 g/mol. The SMILES string of the molecule is CCCC(c1ccc(C(=O)NCCC(=O)O)cc1)C(c1ccc(Cl)cc1)c1[nH]nc2c(F)cc(-c3ccc(C)cc3)cc12. The molecule has 6 nitrogen and oxygen atoms in total. The maximum atomic E-state index is 15.5. The Morgan fingerprint density at radius 3 is 2.28 bits per heavy atom. The van der Waals surface area contributed by atoms with Crippen molar-refractivity contribution in [2.75, 3.05) is 6.54 Å². The molecule has 0 saturated heterocycles. The minimum atomic E-state index is -0.969. The number of aryl methyl sites for hydroxylation is 1. The van der Waals surface area contributed by atoms with E-state index in [1.807, 2.05) is 73.7 Å². The van der Waals surface area contributed by atoms with Crippen molar-refractivity contribution in [1.82, 2.24) is 15.5 Å². The van der Waals surface area contributed by atoms with Crippen LogP contribution in [0.2, 0.25) is 5.02 Å². The number of hydrogen-bond acceptors (Lipinski definition) is 3. The van der Waals surface area contributed by atoms with E-state index in [0.29, 0.717) is 16.0 Å². The second-order valence-electron chi connectivity index (χ2n) is 10.8. The van der Waals surface area contributed by atoms with Crippen LogP contribution in [0.5, 0.6) is 0 Å². The van der Waals surface area contributed by atoms with Gasteiger partial charge in [0.05, 0.1) is 12.1 Å². The van der Waals surface area contributed by atoms with E-state index in [2.05, 4.69) is 22.4 Å². The minimum absolute atomic E-state index is 0.0370. The molecule has 2 atom stereocenters. The lowest BCUT2D eigenvalue weighted by Gasteiger charge is -2.28. The smallest absolute Gasteiger partial charge is 0.305 e. The summed E-state index contributed by atoms with van der Waals surface area (Å²) in [5.74, 6) is -1.94. The third-order valence-corrected chi connectivity index (χ3v) is 8.05. The Morgan fingerprint density at radius 1 is 0.953 bits per heavy atom. The largest absolute Gasteiger partial charge is 0.481 e. The van der Waals surface area contributed by atoms with Crippen molar-refractivity contribution in [1.29, 1.82) is 0 Å². The Labute approximate surface area is 254 Å². The lowest BCUT2D eigenvalue weighted by Crippen LogP contribution is -2.26. The van der Waals surface area contributed by atoms with Crippen molar-refractivity contribution in [3.05, 3.63) is 124 Å². The number of carboxylic acids is 1. The van der Waals surface area contributed by atoms with Crippen LogP contribution in [-0.2, 0) is 4.79 Å². The molecule has 1 amide bonds. The van der Waals surface area contributed by atoms with E-state index >= 15 is 4.39 Å². The van der Waals surface area contributed by atoms with Gasteiger partial charge in [-0.1, -0.05) is 79.0 Å². The first-order valence-electron chi connectivity index (χ1n) is 14.3. The zero-order valence-corrected chi connectivity index (χ0v) is 24.8. The van der Waals surface area contributed by atoms with Crippen LogP contribution in [0.15, 0.2) is 84.9 Å². The molecule has 0 aliphatic heterocycles. The number of aromatic amines is 1. The highest BCUT2D eigenvalue weighted by molar-refractivity contribution is 6.30. The Balaban J connectivity index is 1.59. The van der Waals surface area contributed by atoms with E-state index < -0.39 is 11.8 Å². The van der Waals surface area contributed by atoms with E-state index in [1.54, 1.807) is 12.1 Å². The van der Waals surface area contributed by atoms with Gasteiger partial charge in [0.1, 0.15) is 5.52 Å². The molecule has 0 saturated carbocycles. The molecule has 8 heteroatoms. The summed E-state index contributed by atoms with van der Waals surface area (Å²) in [6, 6.07) is 26.6. The fraction of sp³-hybridized carbons (Fsp3) is 0.229. The fourth-order valence-electron chi connectivity index (χ4n) is 5.62. The van der Waals surface area contributed by atoms with Gasteiger partial charge in [-0.05, 0) is 77.9 Å². The van der Waals surface area contributed by atoms with E-state index in [-0.39, 0.29) is 36.2 Å². The average Bonchev–Trinajstić information content (AvgIpc) is 3.42. The number of benzene rings is 4. The Hall–Kier alpha value is -4.49. The van der Waals surface area contributed by atoms with Crippen LogP contribution in [0.1, 0.15) is 70.8 Å². The Kier molecular flexibility index (Phi) is 9.22. The summed E-state index contributed by atoms with van der Waals surface area (Å²) in [4.78, 5) is 23.4. The van der Waals surface area contributed by atoms with Crippen LogP contribution in [0, 0.1) is 12.7 Å². The van der Waals surface area contributed by atoms with Crippen LogP contribution in [0.25, 0.3) is 22.0 Å². The number of aliphatic carboxylic acids is 1. The summed E-state index contributed by atoms with van der Waals surface area (Å²) in [5, 5.41) is 20.5. The van der Waals surface area contributed by atoms with Gasteiger partial charge in [0.15, 0.2) is 5.82 Å². The number of rotatable bonds is 11. The highest BCUT2D eigenvalue weighted by Crippen LogP contribution is 2.44. The molecule has 3 N–H and O–H groups in total. The molecule has 0 bridgehead atoms. The molecular formula is C35H33ClFN3O3. The lowest BCUT2D eigenvalue weighted by atomic mass is 9.76. The Morgan fingerprint density at radius 2 is 1.63 bits per heavy atom. The second-order valence-corrected chi connectivity index (χ2v) is 11.2. The molecule has 5 aromatic rings. The van der Waals surface area contributed by atoms with Gasteiger partial charge in [0.2, 0.25) is 0 Å². The zero-order valence-electron chi connectivity index (χ0n) is 24.0. The highest BCUT2D eigenvalue weighted by atomic mass is 35.5. The number of carbonyl (C=O) groups is 2. The molecule has 0 radical (unpaired) electrons. The summed E-state index contributed by atoms with van der Waals surface area (Å²) < 4.78 is 15.5. The molecule has 0 spiro atoms. The van der Waals surface area contributed by atoms with E-state index in [1.165, 1.54) is 6.07 Å². The topological polar surface area (TPSA) is 95.1 Å². The quantitative estimate of drug-likeness (QED) is 0.143. The normalized spacial score (nSPS) is 12.7. The second kappa shape index (κ2) is 13.2. The van der Waals surface area contributed by atoms with Crippen molar-refractivity contribution in [3.63, 3.8) is 0 Å². The number of carboxylic acid groups (broad SMARTS) is 1. The van der Waals surface area contributed by atoms with Crippen molar-refractivity contribution in [3.8, 4) is 11.1 Å². The first-order valence-corrected chi connectivity index (χ1v) is 14.7. The van der Waals surface area contributed by atoms with Gasteiger partial charge in [-0.25, -0.2) is 4.39 Å². The predicted octanol–water partition coefficient (Wildman–Crippen LogP) is 8.25. The molecule has 43 heavy (non-hydrogen) atoms. The van der Waals surface area contributed by atoms with Crippen LogP contribution in [0.3, 0.4) is 0 Å². The van der Waals surface area contributed by atoms with Gasteiger partial charge in [-0.15, -0.1) is 0 Å². The number of amides is 1. The van der Waals surface area contributed by atoms with Gasteiger partial charge in [-0.3, -0.25) is 14.7 Å². The number of carbonyl (C=O) groups excluding carboxylic acids is 1. The molecule has 1 aromatic heterocycles. The number of nitrogens with zero attached hydrogens (tertiary/aromatic N) is 1. The molecule has 4 aromatic carbocycles. The van der Waals surface area contributed by atoms with Crippen LogP contribution in [-0.4, -0.2) is 33.7 Å². The van der Waals surface area contributed by atoms with Gasteiger partial charge in [0.25, 0.3) is 5.91 Å². The third kappa shape index (κ3) is 6.78. The minimum Gasteiger partial charge on any atom is -0.481 e. The number of H-pyrrole nitrogens is 1. The van der Waals surface area contributed by atoms with Crippen molar-refractivity contribution < 1.29 is 19.1 Å². The van der Waals surface area contributed by atoms with Crippen LogP contribution < -0.4 is 5.32 Å². The lowest BCUT2D eigenvalue weighted by molar-refractivity contribution is -0.136. The standard InChI is InChI=1S/C35H33ClFN3O3/c1-3-4-28(23-9-11-25(12-10-23)35(43)38-18-17-31(41)42)32(24-13-15-27(36)16-14-24)34-29-19-26(20-30(37)33(29)39-40-34)22-7-5-21(2)6-8-22/h5-16,19-20,28,32H,3-4,17-18H2,1-2H3,(H,38,43)(H,39,40)(H,41,42). The number of hydrogen-bond donors (Lipinski definition) is 3. The van der Waals surface area contributed by atoms with Gasteiger partial charge < -0.3 is 10.4 Å². The Bertz CT molecular complexity index is 1730. The number of fused-ring (bicyclic) bond motifs is 1. The van der Waals surface area contributed by atoms with Crippen molar-refractivity contribution >= 4 is 34.4 Å². The van der Waals surface area contributed by atoms with Crippen molar-refractivity contribution in [2.45, 2.75) is 44.9 Å². The number of nitrogens with one attached hydrogen (secondary N) is 2. The molecule has 5 rings (SSSR count). The van der Waals surface area contributed by atoms with E-state index in [0.717, 1.165) is 46.4 Å². The zero-order chi connectivity index (χ0) is 30.5. The van der Waals surface area contributed by atoms with Gasteiger partial charge in [0, 0.05) is 28.4 Å². The molecule has 0 aliphatic carbocycles. The summed E-state index contributed by atoms with van der Waals surface area (Å²) in [5.41, 5.74) is 6.38. The van der Waals surface area contributed by atoms with E-state index in [4.69, 9.17) is 16.7 Å². The molecule has 1 heterocycles. The highest BCUT2D eigenvalue weighted by Gasteiger charge is 2.30. The third-order valence-electron chi connectivity index (χ3n) is 7.79. The number of halogens is 2. The molecule has 2 unspecified atom stereocenters. The first-order chi connectivity index (χ1) is 20.7. The first kappa shape index (κ1) is 30.0. The summed E-state index contributed by atoms with van der Waals surface area (Å²) >= 11 is 6.27. The summed E-state index contributed by atoms with van der Waals surface area (Å²) in [7, 11) is 0. The molecule has 0 fully saturated rings. The summed E-state index contributed by atoms with van der Waals surface area (Å²) in [6.07, 6.45) is 1.56. The van der Waals surface area contributed by atoms with Crippen LogP contribution in [0.4, 0.5) is 4.39 Å². The van der Waals surface area contributed by atoms with Gasteiger partial charge in [-0.2, -0.15) is 5.10 Å². The van der Waals surface area contributed by atoms with Gasteiger partial charge >= 0.3 is 5.97 Å². The molecule has 0 aliphatic rings. The number of aromatic nitrogens is 2. The molecule has 220 valence electrons. The summed E-state index contributed by atoms with van der Waals surface area (Å²) in [6.45, 7) is 4.20.